The van der Waals surface area contributed by atoms with Crippen LogP contribution in [0.15, 0.2) is 24.3 Å². The average molecular weight is 257 g/mol. The van der Waals surface area contributed by atoms with Crippen LogP contribution in [0.1, 0.15) is 43.2 Å². The summed E-state index contributed by atoms with van der Waals surface area (Å²) < 4.78 is 37.1. The van der Waals surface area contributed by atoms with Crippen LogP contribution >= 0.6 is 0 Å². The first-order chi connectivity index (χ1) is 8.55. The monoisotopic (exact) mass is 257 g/mol. The SMILES string of the molecule is FC(F)(F)c1ccc(CNC2CCCCC2)cc1. The molecule has 0 radical (unpaired) electrons. The molecule has 0 unspecified atom stereocenters. The maximum Gasteiger partial charge on any atom is 0.416 e. The van der Waals surface area contributed by atoms with E-state index in [9.17, 15) is 13.2 Å². The van der Waals surface area contributed by atoms with Crippen molar-refractivity contribution in [3.05, 3.63) is 35.4 Å². The van der Waals surface area contributed by atoms with Gasteiger partial charge in [-0.15, -0.1) is 0 Å². The van der Waals surface area contributed by atoms with Gasteiger partial charge < -0.3 is 5.32 Å². The zero-order valence-electron chi connectivity index (χ0n) is 10.3. The summed E-state index contributed by atoms with van der Waals surface area (Å²) >= 11 is 0. The van der Waals surface area contributed by atoms with E-state index in [0.717, 1.165) is 17.7 Å². The summed E-state index contributed by atoms with van der Waals surface area (Å²) in [5, 5.41) is 3.41. The zero-order chi connectivity index (χ0) is 13.0. The molecule has 1 saturated carbocycles. The van der Waals surface area contributed by atoms with Crippen molar-refractivity contribution in [2.24, 2.45) is 0 Å². The molecule has 0 aromatic heterocycles. The third-order valence-corrected chi connectivity index (χ3v) is 3.48. The smallest absolute Gasteiger partial charge is 0.310 e. The minimum atomic E-state index is -4.24. The van der Waals surface area contributed by atoms with Crippen molar-refractivity contribution in [1.29, 1.82) is 0 Å². The summed E-state index contributed by atoms with van der Waals surface area (Å²) in [6, 6.07) is 5.94. The minimum Gasteiger partial charge on any atom is -0.310 e. The van der Waals surface area contributed by atoms with Crippen LogP contribution in [0.5, 0.6) is 0 Å². The highest BCUT2D eigenvalue weighted by molar-refractivity contribution is 5.24. The summed E-state index contributed by atoms with van der Waals surface area (Å²) in [6.07, 6.45) is 1.93. The molecule has 0 aliphatic heterocycles. The molecular formula is C14H18F3N. The van der Waals surface area contributed by atoms with E-state index in [1.807, 2.05) is 0 Å². The van der Waals surface area contributed by atoms with Gasteiger partial charge in [0.2, 0.25) is 0 Å². The van der Waals surface area contributed by atoms with E-state index in [-0.39, 0.29) is 0 Å². The van der Waals surface area contributed by atoms with Crippen molar-refractivity contribution in [3.8, 4) is 0 Å². The molecule has 1 fully saturated rings. The number of hydrogen-bond acceptors (Lipinski definition) is 1. The van der Waals surface area contributed by atoms with Crippen molar-refractivity contribution < 1.29 is 13.2 Å². The number of rotatable bonds is 3. The number of alkyl halides is 3. The molecule has 0 saturated heterocycles. The third-order valence-electron chi connectivity index (χ3n) is 3.48. The Kier molecular flexibility index (Phi) is 4.27. The number of halogens is 3. The molecule has 0 atom stereocenters. The Morgan fingerprint density at radius 2 is 1.61 bits per heavy atom. The second-order valence-electron chi connectivity index (χ2n) is 4.91. The van der Waals surface area contributed by atoms with Crippen LogP contribution < -0.4 is 5.32 Å². The van der Waals surface area contributed by atoms with Crippen LogP contribution in [0.2, 0.25) is 0 Å². The lowest BCUT2D eigenvalue weighted by Crippen LogP contribution is -2.30. The first-order valence-corrected chi connectivity index (χ1v) is 6.45. The molecule has 0 heterocycles. The average Bonchev–Trinajstić information content (AvgIpc) is 2.37. The molecule has 1 aliphatic carbocycles. The lowest BCUT2D eigenvalue weighted by atomic mass is 9.95. The Balaban J connectivity index is 1.86. The van der Waals surface area contributed by atoms with E-state index in [0.29, 0.717) is 12.6 Å². The molecule has 1 nitrogen and oxygen atoms in total. The Morgan fingerprint density at radius 3 is 2.17 bits per heavy atom. The standard InChI is InChI=1S/C14H18F3N/c15-14(16,17)12-8-6-11(7-9-12)10-18-13-4-2-1-3-5-13/h6-9,13,18H,1-5,10H2. The highest BCUT2D eigenvalue weighted by atomic mass is 19.4. The van der Waals surface area contributed by atoms with E-state index < -0.39 is 11.7 Å². The van der Waals surface area contributed by atoms with E-state index in [2.05, 4.69) is 5.32 Å². The molecule has 2 rings (SSSR count). The first-order valence-electron chi connectivity index (χ1n) is 6.45. The second kappa shape index (κ2) is 5.74. The van der Waals surface area contributed by atoms with E-state index >= 15 is 0 Å². The maximum atomic E-state index is 12.4. The fraction of sp³-hybridized carbons (Fsp3) is 0.571. The zero-order valence-corrected chi connectivity index (χ0v) is 10.3. The molecule has 0 spiro atoms. The van der Waals surface area contributed by atoms with Gasteiger partial charge in [-0.3, -0.25) is 0 Å². The summed E-state index contributed by atoms with van der Waals surface area (Å²) in [5.74, 6) is 0. The summed E-state index contributed by atoms with van der Waals surface area (Å²) in [5.41, 5.74) is 0.331. The molecule has 100 valence electrons. The molecule has 0 amide bonds. The maximum absolute atomic E-state index is 12.4. The third kappa shape index (κ3) is 3.73. The Bertz CT molecular complexity index is 364. The van der Waals surface area contributed by atoms with Gasteiger partial charge in [0, 0.05) is 12.6 Å². The molecule has 4 heteroatoms. The van der Waals surface area contributed by atoms with Crippen molar-refractivity contribution in [2.45, 2.75) is 50.9 Å². The Morgan fingerprint density at radius 1 is 1.00 bits per heavy atom. The van der Waals surface area contributed by atoms with Crippen LogP contribution in [0.4, 0.5) is 13.2 Å². The molecule has 18 heavy (non-hydrogen) atoms. The van der Waals surface area contributed by atoms with Crippen molar-refractivity contribution in [2.75, 3.05) is 0 Å². The van der Waals surface area contributed by atoms with Gasteiger partial charge in [-0.2, -0.15) is 13.2 Å². The molecule has 1 aliphatic rings. The van der Waals surface area contributed by atoms with Crippen LogP contribution in [0, 0.1) is 0 Å². The summed E-state index contributed by atoms with van der Waals surface area (Å²) in [6.45, 7) is 0.656. The van der Waals surface area contributed by atoms with Gasteiger partial charge in [0.1, 0.15) is 0 Å². The lowest BCUT2D eigenvalue weighted by Gasteiger charge is -2.22. The van der Waals surface area contributed by atoms with Gasteiger partial charge in [0.15, 0.2) is 0 Å². The number of hydrogen-bond donors (Lipinski definition) is 1. The highest BCUT2D eigenvalue weighted by Crippen LogP contribution is 2.29. The van der Waals surface area contributed by atoms with Crippen LogP contribution in [0.25, 0.3) is 0 Å². The lowest BCUT2D eigenvalue weighted by molar-refractivity contribution is -0.137. The summed E-state index contributed by atoms with van der Waals surface area (Å²) in [7, 11) is 0. The van der Waals surface area contributed by atoms with Crippen molar-refractivity contribution in [3.63, 3.8) is 0 Å². The molecule has 1 aromatic carbocycles. The number of benzene rings is 1. The van der Waals surface area contributed by atoms with Crippen LogP contribution in [0.3, 0.4) is 0 Å². The van der Waals surface area contributed by atoms with Crippen molar-refractivity contribution in [1.82, 2.24) is 5.32 Å². The topological polar surface area (TPSA) is 12.0 Å². The fourth-order valence-corrected chi connectivity index (χ4v) is 2.38. The molecule has 0 bridgehead atoms. The summed E-state index contributed by atoms with van der Waals surface area (Å²) in [4.78, 5) is 0. The van der Waals surface area contributed by atoms with Crippen molar-refractivity contribution >= 4 is 0 Å². The fourth-order valence-electron chi connectivity index (χ4n) is 2.38. The van der Waals surface area contributed by atoms with Gasteiger partial charge in [-0.05, 0) is 30.5 Å². The second-order valence-corrected chi connectivity index (χ2v) is 4.91. The van der Waals surface area contributed by atoms with Gasteiger partial charge in [-0.1, -0.05) is 31.4 Å². The van der Waals surface area contributed by atoms with E-state index in [4.69, 9.17) is 0 Å². The Labute approximate surface area is 105 Å². The van der Waals surface area contributed by atoms with Crippen LogP contribution in [-0.4, -0.2) is 6.04 Å². The largest absolute Gasteiger partial charge is 0.416 e. The quantitative estimate of drug-likeness (QED) is 0.858. The van der Waals surface area contributed by atoms with E-state index in [1.165, 1.54) is 32.1 Å². The normalized spacial score (nSPS) is 17.9. The Hall–Kier alpha value is -1.03. The van der Waals surface area contributed by atoms with Gasteiger partial charge >= 0.3 is 6.18 Å². The molecule has 1 N–H and O–H groups in total. The number of nitrogens with one attached hydrogen (secondary N) is 1. The van der Waals surface area contributed by atoms with E-state index in [1.54, 1.807) is 12.1 Å². The highest BCUT2D eigenvalue weighted by Gasteiger charge is 2.29. The van der Waals surface area contributed by atoms with Gasteiger partial charge in [-0.25, -0.2) is 0 Å². The first kappa shape index (κ1) is 13.4. The molecular weight excluding hydrogens is 239 g/mol. The minimum absolute atomic E-state index is 0.529. The molecule has 1 aromatic rings. The predicted octanol–water partition coefficient (Wildman–Crippen LogP) is 4.13. The predicted molar refractivity (Wildman–Crippen MR) is 65.2 cm³/mol. The van der Waals surface area contributed by atoms with Gasteiger partial charge in [0.25, 0.3) is 0 Å². The van der Waals surface area contributed by atoms with Gasteiger partial charge in [0.05, 0.1) is 5.56 Å². The van der Waals surface area contributed by atoms with Crippen LogP contribution in [-0.2, 0) is 12.7 Å².